The molecule has 0 radical (unpaired) electrons. The van der Waals surface area contributed by atoms with Gasteiger partial charge >= 0.3 is 6.03 Å². The quantitative estimate of drug-likeness (QED) is 0.633. The molecule has 2 atom stereocenters. The van der Waals surface area contributed by atoms with Crippen LogP contribution in [0.25, 0.3) is 10.9 Å². The zero-order valence-electron chi connectivity index (χ0n) is 16.8. The molecule has 0 spiro atoms. The van der Waals surface area contributed by atoms with Gasteiger partial charge in [0.1, 0.15) is 11.8 Å². The summed E-state index contributed by atoms with van der Waals surface area (Å²) in [6, 6.07) is 3.80. The SMILES string of the molecule is COc1ccc2[nH]c3c(c2c1)CCN1C(=O)N([C@@H](C)C(=O)NCC(=O)[O-])C(=O)[C@@]31C. The molecule has 158 valence electrons. The predicted octanol–water partition coefficient (Wildman–Crippen LogP) is -0.533. The Bertz CT molecular complexity index is 1090. The van der Waals surface area contributed by atoms with E-state index in [0.29, 0.717) is 24.4 Å². The molecule has 3 heterocycles. The standard InChI is InChI=1S/C20H22N4O6/c1-10(17(27)21-9-15(25)26)24-18(28)20(2)16-12(6-7-23(20)19(24)29)13-8-11(30-3)4-5-14(13)22-16/h4-5,8,10,22H,6-7,9H2,1-3H3,(H,21,27)(H,25,26)/p-1/t10-,20+/m0/s1. The topological polar surface area (TPSA) is 135 Å². The number of aromatic amines is 1. The second kappa shape index (κ2) is 6.75. The zero-order chi connectivity index (χ0) is 21.8. The van der Waals surface area contributed by atoms with Crippen LogP contribution in [0.3, 0.4) is 0 Å². The highest BCUT2D eigenvalue weighted by molar-refractivity contribution is 6.11. The summed E-state index contributed by atoms with van der Waals surface area (Å²) in [5.74, 6) is -2.06. The summed E-state index contributed by atoms with van der Waals surface area (Å²) in [7, 11) is 1.58. The minimum Gasteiger partial charge on any atom is -0.548 e. The third kappa shape index (κ3) is 2.63. The average Bonchev–Trinajstić information content (AvgIpc) is 3.19. The van der Waals surface area contributed by atoms with Gasteiger partial charge in [0.15, 0.2) is 5.54 Å². The maximum Gasteiger partial charge on any atom is 0.328 e. The molecule has 0 bridgehead atoms. The van der Waals surface area contributed by atoms with Gasteiger partial charge in [-0.15, -0.1) is 0 Å². The molecule has 2 aromatic rings. The van der Waals surface area contributed by atoms with Crippen LogP contribution in [-0.4, -0.2) is 64.8 Å². The fourth-order valence-electron chi connectivity index (χ4n) is 4.34. The third-order valence-corrected chi connectivity index (χ3v) is 5.97. The van der Waals surface area contributed by atoms with E-state index in [1.165, 1.54) is 11.8 Å². The number of carbonyl (C=O) groups excluding carboxylic acids is 4. The van der Waals surface area contributed by atoms with Gasteiger partial charge in [0, 0.05) is 17.4 Å². The lowest BCUT2D eigenvalue weighted by Gasteiger charge is -2.36. The number of nitrogens with zero attached hydrogens (tertiary/aromatic N) is 2. The van der Waals surface area contributed by atoms with E-state index in [9.17, 15) is 24.3 Å². The third-order valence-electron chi connectivity index (χ3n) is 5.97. The minimum absolute atomic E-state index is 0.308. The normalized spacial score (nSPS) is 21.4. The van der Waals surface area contributed by atoms with Crippen LogP contribution < -0.4 is 15.2 Å². The van der Waals surface area contributed by atoms with Crippen LogP contribution in [0.1, 0.15) is 25.1 Å². The molecule has 1 saturated heterocycles. The number of carboxylic acid groups (broad SMARTS) is 1. The highest BCUT2D eigenvalue weighted by Crippen LogP contribution is 2.45. The number of imide groups is 1. The van der Waals surface area contributed by atoms with Gasteiger partial charge in [-0.2, -0.15) is 0 Å². The Morgan fingerprint density at radius 3 is 2.77 bits per heavy atom. The Labute approximate surface area is 171 Å². The molecule has 2 aliphatic rings. The van der Waals surface area contributed by atoms with Gasteiger partial charge < -0.3 is 29.8 Å². The van der Waals surface area contributed by atoms with Gasteiger partial charge in [-0.05, 0) is 44.0 Å². The second-order valence-electron chi connectivity index (χ2n) is 7.59. The van der Waals surface area contributed by atoms with Crippen molar-refractivity contribution in [1.82, 2.24) is 20.1 Å². The summed E-state index contributed by atoms with van der Waals surface area (Å²) in [6.07, 6.45) is 0.538. The van der Waals surface area contributed by atoms with E-state index in [-0.39, 0.29) is 0 Å². The first kappa shape index (κ1) is 19.7. The number of fused-ring (bicyclic) bond motifs is 5. The Balaban J connectivity index is 1.74. The van der Waals surface area contributed by atoms with E-state index in [1.54, 1.807) is 14.0 Å². The number of hydrogen-bond donors (Lipinski definition) is 2. The summed E-state index contributed by atoms with van der Waals surface area (Å²) in [4.78, 5) is 55.0. The molecule has 1 aromatic heterocycles. The monoisotopic (exact) mass is 413 g/mol. The van der Waals surface area contributed by atoms with Crippen molar-refractivity contribution in [1.29, 1.82) is 0 Å². The number of nitrogens with one attached hydrogen (secondary N) is 2. The van der Waals surface area contributed by atoms with E-state index in [2.05, 4.69) is 10.3 Å². The molecule has 0 saturated carbocycles. The smallest absolute Gasteiger partial charge is 0.328 e. The Hall–Kier alpha value is -3.56. The number of rotatable bonds is 5. The van der Waals surface area contributed by atoms with Crippen molar-refractivity contribution in [3.05, 3.63) is 29.5 Å². The van der Waals surface area contributed by atoms with Crippen molar-refractivity contribution in [3.8, 4) is 5.75 Å². The molecule has 0 unspecified atom stereocenters. The van der Waals surface area contributed by atoms with Crippen LogP contribution >= 0.6 is 0 Å². The number of aliphatic carboxylic acids is 1. The molecule has 10 nitrogen and oxygen atoms in total. The molecule has 2 N–H and O–H groups in total. The van der Waals surface area contributed by atoms with Crippen LogP contribution in [-0.2, 0) is 26.3 Å². The van der Waals surface area contributed by atoms with Crippen LogP contribution in [0.5, 0.6) is 5.75 Å². The minimum atomic E-state index is -1.46. The Morgan fingerprint density at radius 2 is 2.10 bits per heavy atom. The van der Waals surface area contributed by atoms with Crippen LogP contribution in [0.4, 0.5) is 4.79 Å². The number of hydrogen-bond acceptors (Lipinski definition) is 6. The largest absolute Gasteiger partial charge is 0.548 e. The number of carboxylic acids is 1. The van der Waals surface area contributed by atoms with Gasteiger partial charge in [-0.25, -0.2) is 9.69 Å². The first-order valence-electron chi connectivity index (χ1n) is 9.52. The first-order chi connectivity index (χ1) is 14.2. The second-order valence-corrected chi connectivity index (χ2v) is 7.59. The van der Waals surface area contributed by atoms with Gasteiger partial charge in [-0.1, -0.05) is 0 Å². The summed E-state index contributed by atoms with van der Waals surface area (Å²) in [5, 5.41) is 13.7. The number of ether oxygens (including phenoxy) is 1. The lowest BCUT2D eigenvalue weighted by atomic mass is 9.87. The zero-order valence-corrected chi connectivity index (χ0v) is 16.8. The average molecular weight is 413 g/mol. The van der Waals surface area contributed by atoms with Crippen molar-refractivity contribution in [2.45, 2.75) is 31.8 Å². The lowest BCUT2D eigenvalue weighted by molar-refractivity contribution is -0.304. The predicted molar refractivity (Wildman–Crippen MR) is 102 cm³/mol. The number of methoxy groups -OCH3 is 1. The number of amides is 4. The van der Waals surface area contributed by atoms with Crippen LogP contribution in [0.2, 0.25) is 0 Å². The van der Waals surface area contributed by atoms with Crippen LogP contribution in [0, 0.1) is 0 Å². The van der Waals surface area contributed by atoms with Crippen molar-refractivity contribution < 1.29 is 29.0 Å². The van der Waals surface area contributed by atoms with Gasteiger partial charge in [-0.3, -0.25) is 9.59 Å². The molecule has 2 aliphatic heterocycles. The molecule has 4 amide bonds. The van der Waals surface area contributed by atoms with Crippen molar-refractivity contribution in [2.24, 2.45) is 0 Å². The van der Waals surface area contributed by atoms with Gasteiger partial charge in [0.05, 0.1) is 25.3 Å². The lowest BCUT2D eigenvalue weighted by Crippen LogP contribution is -2.51. The van der Waals surface area contributed by atoms with Gasteiger partial charge in [0.2, 0.25) is 5.91 Å². The first-order valence-corrected chi connectivity index (χ1v) is 9.52. The van der Waals surface area contributed by atoms with Crippen molar-refractivity contribution in [3.63, 3.8) is 0 Å². The van der Waals surface area contributed by atoms with E-state index in [1.807, 2.05) is 18.2 Å². The fourth-order valence-corrected chi connectivity index (χ4v) is 4.34. The van der Waals surface area contributed by atoms with Crippen molar-refractivity contribution >= 4 is 34.7 Å². The summed E-state index contributed by atoms with van der Waals surface area (Å²) in [5.41, 5.74) is 1.07. The highest BCUT2D eigenvalue weighted by atomic mass is 16.5. The van der Waals surface area contributed by atoms with Crippen molar-refractivity contribution in [2.75, 3.05) is 20.2 Å². The molecule has 30 heavy (non-hydrogen) atoms. The summed E-state index contributed by atoms with van der Waals surface area (Å²) < 4.78 is 5.30. The molecule has 10 heteroatoms. The van der Waals surface area contributed by atoms with Crippen LogP contribution in [0.15, 0.2) is 18.2 Å². The van der Waals surface area contributed by atoms with E-state index < -0.39 is 41.9 Å². The number of H-pyrrole nitrogens is 1. The molecule has 0 aliphatic carbocycles. The molecule has 4 rings (SSSR count). The number of urea groups is 1. The van der Waals surface area contributed by atoms with Gasteiger partial charge in [0.25, 0.3) is 5.91 Å². The number of carbonyl (C=O) groups is 4. The Morgan fingerprint density at radius 1 is 1.37 bits per heavy atom. The number of benzene rings is 1. The van der Waals surface area contributed by atoms with E-state index in [0.717, 1.165) is 21.4 Å². The Kier molecular flexibility index (Phi) is 4.44. The highest BCUT2D eigenvalue weighted by Gasteiger charge is 2.60. The maximum atomic E-state index is 13.4. The fraction of sp³-hybridized carbons (Fsp3) is 0.400. The molecular weight excluding hydrogens is 392 g/mol. The van der Waals surface area contributed by atoms with E-state index in [4.69, 9.17) is 4.74 Å². The van der Waals surface area contributed by atoms with E-state index >= 15 is 0 Å². The summed E-state index contributed by atoms with van der Waals surface area (Å²) >= 11 is 0. The number of aromatic nitrogens is 1. The molecule has 1 fully saturated rings. The summed E-state index contributed by atoms with van der Waals surface area (Å²) in [6.45, 7) is 2.65. The molecular formula is C20H21N4O6-. The molecule has 1 aromatic carbocycles. The maximum absolute atomic E-state index is 13.4.